The molecule has 0 bridgehead atoms. The van der Waals surface area contributed by atoms with Gasteiger partial charge in [-0.2, -0.15) is 5.10 Å². The van der Waals surface area contributed by atoms with E-state index < -0.39 is 0 Å². The van der Waals surface area contributed by atoms with Crippen molar-refractivity contribution >= 4 is 0 Å². The summed E-state index contributed by atoms with van der Waals surface area (Å²) in [5, 5.41) is 7.45. The first-order valence-corrected chi connectivity index (χ1v) is 9.42. The van der Waals surface area contributed by atoms with Crippen molar-refractivity contribution in [3.8, 4) is 11.1 Å². The second kappa shape index (κ2) is 7.26. The van der Waals surface area contributed by atoms with Crippen LogP contribution in [0, 0.1) is 5.82 Å². The van der Waals surface area contributed by atoms with Gasteiger partial charge in [-0.1, -0.05) is 12.1 Å². The fraction of sp³-hybridized carbons (Fsp3) is 0.550. The van der Waals surface area contributed by atoms with Gasteiger partial charge >= 0.3 is 0 Å². The molecule has 0 unspecified atom stereocenters. The Bertz CT molecular complexity index is 697. The average molecular weight is 342 g/mol. The van der Waals surface area contributed by atoms with Gasteiger partial charge < -0.3 is 9.80 Å². The van der Waals surface area contributed by atoms with E-state index in [4.69, 9.17) is 0 Å². The lowest BCUT2D eigenvalue weighted by Crippen LogP contribution is -2.46. The van der Waals surface area contributed by atoms with Crippen LogP contribution in [0.5, 0.6) is 0 Å². The SMILES string of the molecule is CN1CCC(N2CCC(c3[nH]ncc3-c3cccc(F)c3)CC2)CC1. The van der Waals surface area contributed by atoms with Crippen LogP contribution < -0.4 is 0 Å². The predicted octanol–water partition coefficient (Wildman–Crippen LogP) is 3.49. The second-order valence-electron chi connectivity index (χ2n) is 7.55. The highest BCUT2D eigenvalue weighted by Crippen LogP contribution is 2.35. The first kappa shape index (κ1) is 16.7. The minimum atomic E-state index is -0.193. The molecule has 4 rings (SSSR count). The van der Waals surface area contributed by atoms with Crippen molar-refractivity contribution in [3.63, 3.8) is 0 Å². The van der Waals surface area contributed by atoms with Gasteiger partial charge in [-0.25, -0.2) is 4.39 Å². The lowest BCUT2D eigenvalue weighted by atomic mass is 9.88. The van der Waals surface area contributed by atoms with Crippen LogP contribution in [-0.4, -0.2) is 59.3 Å². The van der Waals surface area contributed by atoms with Crippen LogP contribution >= 0.6 is 0 Å². The van der Waals surface area contributed by atoms with Crippen LogP contribution in [0.4, 0.5) is 4.39 Å². The molecule has 2 aliphatic heterocycles. The third-order valence-electron chi connectivity index (χ3n) is 5.95. The number of H-pyrrole nitrogens is 1. The molecule has 2 aromatic rings. The van der Waals surface area contributed by atoms with Gasteiger partial charge in [0, 0.05) is 23.2 Å². The van der Waals surface area contributed by atoms with E-state index in [9.17, 15) is 4.39 Å². The number of nitrogens with zero attached hydrogens (tertiary/aromatic N) is 3. The second-order valence-corrected chi connectivity index (χ2v) is 7.55. The predicted molar refractivity (Wildman–Crippen MR) is 98.0 cm³/mol. The van der Waals surface area contributed by atoms with Crippen LogP contribution in [0.2, 0.25) is 0 Å². The third-order valence-corrected chi connectivity index (χ3v) is 5.95. The number of aromatic nitrogens is 2. The molecule has 0 amide bonds. The van der Waals surface area contributed by atoms with Crippen LogP contribution in [-0.2, 0) is 0 Å². The number of halogens is 1. The zero-order valence-corrected chi connectivity index (χ0v) is 14.9. The average Bonchev–Trinajstić information content (AvgIpc) is 3.12. The van der Waals surface area contributed by atoms with Crippen molar-refractivity contribution in [1.29, 1.82) is 0 Å². The van der Waals surface area contributed by atoms with E-state index in [-0.39, 0.29) is 5.82 Å². The normalized spacial score (nSPS) is 21.7. The number of hydrogen-bond donors (Lipinski definition) is 1. The minimum Gasteiger partial charge on any atom is -0.306 e. The van der Waals surface area contributed by atoms with E-state index in [2.05, 4.69) is 27.0 Å². The van der Waals surface area contributed by atoms with Crippen LogP contribution in [0.1, 0.15) is 37.3 Å². The Morgan fingerprint density at radius 1 is 1.08 bits per heavy atom. The van der Waals surface area contributed by atoms with Crippen LogP contribution in [0.3, 0.4) is 0 Å². The maximum absolute atomic E-state index is 13.6. The summed E-state index contributed by atoms with van der Waals surface area (Å²) in [6.07, 6.45) is 6.72. The van der Waals surface area contributed by atoms with E-state index in [1.54, 1.807) is 12.1 Å². The Morgan fingerprint density at radius 2 is 1.84 bits per heavy atom. The monoisotopic (exact) mass is 342 g/mol. The van der Waals surface area contributed by atoms with Gasteiger partial charge in [0.1, 0.15) is 5.82 Å². The molecule has 3 heterocycles. The summed E-state index contributed by atoms with van der Waals surface area (Å²) in [6, 6.07) is 7.57. The fourth-order valence-corrected chi connectivity index (χ4v) is 4.41. The van der Waals surface area contributed by atoms with E-state index in [1.807, 2.05) is 12.3 Å². The maximum Gasteiger partial charge on any atom is 0.123 e. The van der Waals surface area contributed by atoms with Crippen molar-refractivity contribution < 1.29 is 4.39 Å². The topological polar surface area (TPSA) is 35.2 Å². The number of aromatic amines is 1. The highest BCUT2D eigenvalue weighted by molar-refractivity contribution is 5.65. The summed E-state index contributed by atoms with van der Waals surface area (Å²) < 4.78 is 13.6. The summed E-state index contributed by atoms with van der Waals surface area (Å²) in [5.74, 6) is 0.296. The van der Waals surface area contributed by atoms with Crippen molar-refractivity contribution in [3.05, 3.63) is 42.0 Å². The summed E-state index contributed by atoms with van der Waals surface area (Å²) in [7, 11) is 2.22. The number of hydrogen-bond acceptors (Lipinski definition) is 3. The molecule has 0 aliphatic carbocycles. The van der Waals surface area contributed by atoms with Gasteiger partial charge in [0.25, 0.3) is 0 Å². The zero-order valence-electron chi connectivity index (χ0n) is 14.9. The molecule has 1 N–H and O–H groups in total. The van der Waals surface area contributed by atoms with Gasteiger partial charge in [-0.05, 0) is 76.6 Å². The molecule has 2 fully saturated rings. The van der Waals surface area contributed by atoms with E-state index in [1.165, 1.54) is 37.7 Å². The Hall–Kier alpha value is -1.72. The van der Waals surface area contributed by atoms with Gasteiger partial charge in [-0.3, -0.25) is 5.10 Å². The van der Waals surface area contributed by atoms with Gasteiger partial charge in [0.2, 0.25) is 0 Å². The Labute approximate surface area is 149 Å². The summed E-state index contributed by atoms with van der Waals surface area (Å²) >= 11 is 0. The molecule has 0 saturated carbocycles. The molecular weight excluding hydrogens is 315 g/mol. The summed E-state index contributed by atoms with van der Waals surface area (Å²) in [4.78, 5) is 5.11. The molecule has 4 nitrogen and oxygen atoms in total. The van der Waals surface area contributed by atoms with Gasteiger partial charge in [0.15, 0.2) is 0 Å². The van der Waals surface area contributed by atoms with Gasteiger partial charge in [0.05, 0.1) is 6.20 Å². The summed E-state index contributed by atoms with van der Waals surface area (Å²) in [6.45, 7) is 4.74. The molecule has 0 radical (unpaired) electrons. The third kappa shape index (κ3) is 3.62. The highest BCUT2D eigenvalue weighted by atomic mass is 19.1. The van der Waals surface area contributed by atoms with Gasteiger partial charge in [-0.15, -0.1) is 0 Å². The fourth-order valence-electron chi connectivity index (χ4n) is 4.41. The zero-order chi connectivity index (χ0) is 17.2. The van der Waals surface area contributed by atoms with E-state index in [0.717, 1.165) is 43.1 Å². The molecular formula is C20H27FN4. The quantitative estimate of drug-likeness (QED) is 0.927. The van der Waals surface area contributed by atoms with Crippen molar-refractivity contribution in [1.82, 2.24) is 20.0 Å². The highest BCUT2D eigenvalue weighted by Gasteiger charge is 2.29. The maximum atomic E-state index is 13.6. The molecule has 1 aromatic carbocycles. The number of benzene rings is 1. The Balaban J connectivity index is 1.43. The van der Waals surface area contributed by atoms with Crippen molar-refractivity contribution in [2.75, 3.05) is 33.2 Å². The number of likely N-dealkylation sites (tertiary alicyclic amines) is 2. The van der Waals surface area contributed by atoms with Crippen molar-refractivity contribution in [2.24, 2.45) is 0 Å². The lowest BCUT2D eigenvalue weighted by molar-refractivity contribution is 0.0962. The molecule has 5 heteroatoms. The van der Waals surface area contributed by atoms with Crippen molar-refractivity contribution in [2.45, 2.75) is 37.6 Å². The Morgan fingerprint density at radius 3 is 2.56 bits per heavy atom. The minimum absolute atomic E-state index is 0.193. The first-order chi connectivity index (χ1) is 12.2. The number of rotatable bonds is 3. The van der Waals surface area contributed by atoms with Crippen LogP contribution in [0.15, 0.2) is 30.5 Å². The molecule has 25 heavy (non-hydrogen) atoms. The molecule has 134 valence electrons. The van der Waals surface area contributed by atoms with E-state index in [0.29, 0.717) is 5.92 Å². The first-order valence-electron chi connectivity index (χ1n) is 9.42. The largest absolute Gasteiger partial charge is 0.306 e. The smallest absolute Gasteiger partial charge is 0.123 e. The molecule has 2 saturated heterocycles. The molecule has 0 atom stereocenters. The number of piperidine rings is 2. The Kier molecular flexibility index (Phi) is 4.86. The summed E-state index contributed by atoms with van der Waals surface area (Å²) in [5.41, 5.74) is 3.15. The molecule has 0 spiro atoms. The standard InChI is InChI=1S/C20H27FN4/c1-24-9-7-18(8-10-24)25-11-5-15(6-12-25)20-19(14-22-23-20)16-3-2-4-17(21)13-16/h2-4,13-15,18H,5-12H2,1H3,(H,22,23). The van der Waals surface area contributed by atoms with Crippen LogP contribution in [0.25, 0.3) is 11.1 Å². The van der Waals surface area contributed by atoms with E-state index >= 15 is 0 Å². The lowest BCUT2D eigenvalue weighted by Gasteiger charge is -2.41. The number of nitrogens with one attached hydrogen (secondary N) is 1. The molecule has 2 aliphatic rings. The molecule has 1 aromatic heterocycles.